The van der Waals surface area contributed by atoms with Crippen molar-refractivity contribution in [3.63, 3.8) is 0 Å². The molecule has 0 amide bonds. The number of rotatable bonds is 7. The van der Waals surface area contributed by atoms with Gasteiger partial charge in [0, 0.05) is 54.4 Å². The molecule has 5 nitrogen and oxygen atoms in total. The molecule has 2 aliphatic rings. The Labute approximate surface area is 163 Å². The summed E-state index contributed by atoms with van der Waals surface area (Å²) in [7, 11) is 0. The van der Waals surface area contributed by atoms with Crippen LogP contribution in [0.25, 0.3) is 11.6 Å². The molecule has 0 unspecified atom stereocenters. The van der Waals surface area contributed by atoms with E-state index in [1.807, 2.05) is 36.4 Å². The van der Waals surface area contributed by atoms with Crippen LogP contribution in [-0.2, 0) is 0 Å². The van der Waals surface area contributed by atoms with Crippen LogP contribution in [0.4, 0.5) is 8.78 Å². The summed E-state index contributed by atoms with van der Waals surface area (Å²) in [5.74, 6) is -2.54. The van der Waals surface area contributed by atoms with Crippen LogP contribution in [0, 0.1) is 5.41 Å². The minimum atomic E-state index is -2.54. The number of pyridine rings is 1. The summed E-state index contributed by atoms with van der Waals surface area (Å²) in [6.45, 7) is 0.212. The molecule has 0 aromatic carbocycles. The molecule has 1 aliphatic heterocycles. The smallest absolute Gasteiger partial charge is 0.272 e. The van der Waals surface area contributed by atoms with Gasteiger partial charge in [0.15, 0.2) is 0 Å². The molecule has 1 aliphatic carbocycles. The van der Waals surface area contributed by atoms with Crippen LogP contribution in [0.15, 0.2) is 66.4 Å². The van der Waals surface area contributed by atoms with Gasteiger partial charge in [-0.1, -0.05) is 18.2 Å². The average Bonchev–Trinajstić information content (AvgIpc) is 2.88. The third-order valence-corrected chi connectivity index (χ3v) is 4.52. The number of nitrogens with zero attached hydrogens (tertiary/aromatic N) is 2. The van der Waals surface area contributed by atoms with Gasteiger partial charge < -0.3 is 16.5 Å². The van der Waals surface area contributed by atoms with Gasteiger partial charge >= 0.3 is 0 Å². The number of aromatic nitrogens is 1. The van der Waals surface area contributed by atoms with E-state index >= 15 is 0 Å². The highest BCUT2D eigenvalue weighted by Gasteiger charge is 2.43. The Kier molecular flexibility index (Phi) is 6.16. The zero-order valence-electron chi connectivity index (χ0n) is 15.4. The van der Waals surface area contributed by atoms with Crippen LogP contribution < -0.4 is 11.1 Å². The van der Waals surface area contributed by atoms with E-state index in [2.05, 4.69) is 10.3 Å². The molecule has 1 aromatic rings. The third-order valence-electron chi connectivity index (χ3n) is 4.52. The lowest BCUT2D eigenvalue weighted by Gasteiger charge is -2.38. The van der Waals surface area contributed by atoms with E-state index in [0.29, 0.717) is 12.1 Å². The highest BCUT2D eigenvalue weighted by atomic mass is 19.3. The Morgan fingerprint density at radius 1 is 1.32 bits per heavy atom. The van der Waals surface area contributed by atoms with Crippen molar-refractivity contribution in [1.29, 1.82) is 5.41 Å². The van der Waals surface area contributed by atoms with Gasteiger partial charge in [-0.3, -0.25) is 9.88 Å². The second kappa shape index (κ2) is 8.75. The van der Waals surface area contributed by atoms with Crippen molar-refractivity contribution in [2.75, 3.05) is 19.6 Å². The van der Waals surface area contributed by atoms with Crippen LogP contribution in [0.1, 0.15) is 17.5 Å². The monoisotopic (exact) mass is 383 g/mol. The molecule has 28 heavy (non-hydrogen) atoms. The third kappa shape index (κ3) is 5.01. The Morgan fingerprint density at radius 3 is 2.86 bits per heavy atom. The molecule has 2 heterocycles. The van der Waals surface area contributed by atoms with Gasteiger partial charge in [0.1, 0.15) is 0 Å². The van der Waals surface area contributed by atoms with Crippen molar-refractivity contribution in [3.05, 3.63) is 77.6 Å². The van der Waals surface area contributed by atoms with E-state index in [1.54, 1.807) is 23.5 Å². The lowest BCUT2D eigenvalue weighted by atomic mass is 10.0. The van der Waals surface area contributed by atoms with Gasteiger partial charge in [0.2, 0.25) is 0 Å². The van der Waals surface area contributed by atoms with Crippen molar-refractivity contribution in [3.8, 4) is 0 Å². The Hall–Kier alpha value is -3.06. The highest BCUT2D eigenvalue weighted by molar-refractivity contribution is 6.09. The fourth-order valence-electron chi connectivity index (χ4n) is 3.12. The minimum absolute atomic E-state index is 0.165. The van der Waals surface area contributed by atoms with Crippen LogP contribution in [-0.4, -0.2) is 41.7 Å². The molecule has 0 bridgehead atoms. The van der Waals surface area contributed by atoms with Gasteiger partial charge in [-0.15, -0.1) is 0 Å². The number of allylic oxidation sites excluding steroid dienone is 4. The number of hydrogen-bond acceptors (Lipinski definition) is 5. The molecule has 1 aromatic heterocycles. The predicted octanol–water partition coefficient (Wildman–Crippen LogP) is 3.31. The zero-order chi connectivity index (χ0) is 20.0. The van der Waals surface area contributed by atoms with Crippen molar-refractivity contribution >= 4 is 17.9 Å². The van der Waals surface area contributed by atoms with Crippen molar-refractivity contribution in [2.24, 2.45) is 5.73 Å². The first-order chi connectivity index (χ1) is 13.5. The minimum Gasteiger partial charge on any atom is -0.404 e. The molecular weight excluding hydrogens is 360 g/mol. The van der Waals surface area contributed by atoms with Crippen molar-refractivity contribution < 1.29 is 8.78 Å². The van der Waals surface area contributed by atoms with Crippen LogP contribution >= 0.6 is 0 Å². The van der Waals surface area contributed by atoms with Crippen molar-refractivity contribution in [1.82, 2.24) is 15.2 Å². The largest absolute Gasteiger partial charge is 0.404 e. The summed E-state index contributed by atoms with van der Waals surface area (Å²) < 4.78 is 25.9. The number of nitrogens with one attached hydrogen (secondary N) is 2. The first-order valence-electron chi connectivity index (χ1n) is 8.98. The summed E-state index contributed by atoms with van der Waals surface area (Å²) in [6.07, 6.45) is 18.3. The number of halogens is 2. The molecule has 3 rings (SSSR count). The standard InChI is InChI=1S/C21H23F2N5/c22-21(23)14-28(15-21)13-16-2-1-3-19(5-4-16)27-9-6-17-12-26-8-7-20(17)18(10-24)11-25/h2-12,24,27H,1,13-15,25H2/b9-6+,18-11+,24-10?. The van der Waals surface area contributed by atoms with E-state index < -0.39 is 5.92 Å². The quantitative estimate of drug-likeness (QED) is 0.631. The molecule has 1 fully saturated rings. The normalized spacial score (nSPS) is 19.6. The predicted molar refractivity (Wildman–Crippen MR) is 109 cm³/mol. The summed E-state index contributed by atoms with van der Waals surface area (Å²) in [6, 6.07) is 1.81. The first-order valence-corrected chi connectivity index (χ1v) is 8.98. The molecule has 4 N–H and O–H groups in total. The molecule has 1 saturated heterocycles. The van der Waals surface area contributed by atoms with Crippen LogP contribution in [0.3, 0.4) is 0 Å². The van der Waals surface area contributed by atoms with E-state index in [1.165, 1.54) is 12.4 Å². The second-order valence-corrected chi connectivity index (χ2v) is 6.72. The number of hydrogen-bond donors (Lipinski definition) is 3. The summed E-state index contributed by atoms with van der Waals surface area (Å²) >= 11 is 0. The summed E-state index contributed by atoms with van der Waals surface area (Å²) in [5, 5.41) is 10.7. The van der Waals surface area contributed by atoms with Gasteiger partial charge in [0.05, 0.1) is 13.1 Å². The fraction of sp³-hybridized carbons (Fsp3) is 0.238. The van der Waals surface area contributed by atoms with Crippen molar-refractivity contribution in [2.45, 2.75) is 12.3 Å². The summed E-state index contributed by atoms with van der Waals surface area (Å²) in [5.41, 5.74) is 9.81. The van der Waals surface area contributed by atoms with E-state index in [4.69, 9.17) is 11.1 Å². The van der Waals surface area contributed by atoms with Gasteiger partial charge in [0.25, 0.3) is 5.92 Å². The Bertz CT molecular complexity index is 873. The van der Waals surface area contributed by atoms with Crippen LogP contribution in [0.5, 0.6) is 0 Å². The SMILES string of the molecule is N=C/C(=C\N)c1ccncc1/C=C/NC1=CCC=C(CN2CC(F)(F)C2)C=C1. The molecular formula is C21H23F2N5. The maximum atomic E-state index is 13.0. The van der Waals surface area contributed by atoms with E-state index in [-0.39, 0.29) is 13.1 Å². The second-order valence-electron chi connectivity index (χ2n) is 6.72. The Balaban J connectivity index is 1.58. The lowest BCUT2D eigenvalue weighted by Crippen LogP contribution is -2.56. The van der Waals surface area contributed by atoms with Gasteiger partial charge in [-0.2, -0.15) is 0 Å². The van der Waals surface area contributed by atoms with E-state index in [9.17, 15) is 8.78 Å². The topological polar surface area (TPSA) is 78.0 Å². The van der Waals surface area contributed by atoms with Crippen LogP contribution in [0.2, 0.25) is 0 Å². The molecule has 0 spiro atoms. The number of likely N-dealkylation sites (tertiary alicyclic amines) is 1. The maximum Gasteiger partial charge on any atom is 0.272 e. The molecule has 7 heteroatoms. The summed E-state index contributed by atoms with van der Waals surface area (Å²) in [4.78, 5) is 5.86. The average molecular weight is 383 g/mol. The fourth-order valence-corrected chi connectivity index (χ4v) is 3.12. The maximum absolute atomic E-state index is 13.0. The highest BCUT2D eigenvalue weighted by Crippen LogP contribution is 2.27. The first kappa shape index (κ1) is 19.7. The molecule has 146 valence electrons. The zero-order valence-corrected chi connectivity index (χ0v) is 15.4. The van der Waals surface area contributed by atoms with Gasteiger partial charge in [-0.05, 0) is 35.8 Å². The number of alkyl halides is 2. The lowest BCUT2D eigenvalue weighted by molar-refractivity contribution is -0.126. The molecule has 0 radical (unpaired) electrons. The van der Waals surface area contributed by atoms with Gasteiger partial charge in [-0.25, -0.2) is 8.78 Å². The van der Waals surface area contributed by atoms with E-state index in [0.717, 1.165) is 28.8 Å². The molecule has 0 saturated carbocycles. The molecule has 0 atom stereocenters. The Morgan fingerprint density at radius 2 is 2.14 bits per heavy atom. The number of nitrogens with two attached hydrogens (primary N) is 1.